The normalized spacial score (nSPS) is 17.9. The summed E-state index contributed by atoms with van der Waals surface area (Å²) in [6.45, 7) is 2.49. The van der Waals surface area contributed by atoms with E-state index in [-0.39, 0.29) is 0 Å². The molecule has 3 aromatic rings. The van der Waals surface area contributed by atoms with Crippen LogP contribution in [-0.4, -0.2) is 34.2 Å². The van der Waals surface area contributed by atoms with Crippen LogP contribution in [0.1, 0.15) is 29.5 Å². The lowest BCUT2D eigenvalue weighted by molar-refractivity contribution is -0.115. The molecule has 32 heavy (non-hydrogen) atoms. The molecule has 1 aliphatic carbocycles. The molecular formula is C26H24ClN3O2. The summed E-state index contributed by atoms with van der Waals surface area (Å²) < 4.78 is 6.24. The average Bonchev–Trinajstić information content (AvgIpc) is 3.58. The topological polar surface area (TPSA) is 45.1 Å². The SMILES string of the molecule is Cc1ccccc1Oc1ccccc1CN1N=C(c2ccc(Cl)cc2)N(C2CC2)C1C=O. The predicted octanol–water partition coefficient (Wildman–Crippen LogP) is 5.61. The van der Waals surface area contributed by atoms with Crippen molar-refractivity contribution in [2.24, 2.45) is 5.10 Å². The number of hydrazone groups is 1. The van der Waals surface area contributed by atoms with Crippen LogP contribution < -0.4 is 4.74 Å². The summed E-state index contributed by atoms with van der Waals surface area (Å²) in [5.41, 5.74) is 3.00. The van der Waals surface area contributed by atoms with E-state index in [0.29, 0.717) is 17.6 Å². The Morgan fingerprint density at radius 1 is 1.00 bits per heavy atom. The maximum absolute atomic E-state index is 12.2. The van der Waals surface area contributed by atoms with Crippen LogP contribution in [-0.2, 0) is 11.3 Å². The van der Waals surface area contributed by atoms with Crippen LogP contribution >= 0.6 is 11.6 Å². The molecule has 1 atom stereocenters. The van der Waals surface area contributed by atoms with E-state index >= 15 is 0 Å². The van der Waals surface area contributed by atoms with E-state index in [1.54, 1.807) is 0 Å². The van der Waals surface area contributed by atoms with E-state index in [2.05, 4.69) is 4.90 Å². The van der Waals surface area contributed by atoms with Crippen molar-refractivity contribution < 1.29 is 9.53 Å². The third kappa shape index (κ3) is 4.08. The number of carbonyl (C=O) groups excluding carboxylic acids is 1. The highest BCUT2D eigenvalue weighted by Gasteiger charge is 2.43. The number of hydrogen-bond acceptors (Lipinski definition) is 5. The second-order valence-electron chi connectivity index (χ2n) is 8.19. The number of amidine groups is 1. The molecule has 1 unspecified atom stereocenters. The first kappa shape index (κ1) is 20.6. The van der Waals surface area contributed by atoms with Crippen molar-refractivity contribution in [1.82, 2.24) is 9.91 Å². The van der Waals surface area contributed by atoms with Crippen LogP contribution in [0.3, 0.4) is 0 Å². The van der Waals surface area contributed by atoms with Gasteiger partial charge in [0.25, 0.3) is 0 Å². The van der Waals surface area contributed by atoms with Crippen molar-refractivity contribution >= 4 is 23.7 Å². The number of aldehydes is 1. The minimum atomic E-state index is -0.445. The first-order valence-corrected chi connectivity index (χ1v) is 11.2. The molecule has 162 valence electrons. The number of ether oxygens (including phenoxy) is 1. The van der Waals surface area contributed by atoms with Crippen LogP contribution in [0.15, 0.2) is 77.9 Å². The summed E-state index contributed by atoms with van der Waals surface area (Å²) in [6, 6.07) is 23.8. The van der Waals surface area contributed by atoms with Gasteiger partial charge in [0.05, 0.1) is 6.54 Å². The molecule has 0 bridgehead atoms. The van der Waals surface area contributed by atoms with Crippen LogP contribution in [0, 0.1) is 6.92 Å². The number of halogens is 1. The largest absolute Gasteiger partial charge is 0.457 e. The first-order valence-electron chi connectivity index (χ1n) is 10.8. The smallest absolute Gasteiger partial charge is 0.176 e. The fourth-order valence-corrected chi connectivity index (χ4v) is 4.14. The summed E-state index contributed by atoms with van der Waals surface area (Å²) in [5, 5.41) is 7.42. The predicted molar refractivity (Wildman–Crippen MR) is 126 cm³/mol. The van der Waals surface area contributed by atoms with Crippen molar-refractivity contribution in [3.63, 3.8) is 0 Å². The lowest BCUT2D eigenvalue weighted by Gasteiger charge is -2.28. The van der Waals surface area contributed by atoms with E-state index in [1.807, 2.05) is 84.7 Å². The standard InChI is InChI=1S/C26H24ClN3O2/c1-18-6-2-4-8-23(18)32-24-9-5-3-7-20(24)16-29-25(17-31)30(22-14-15-22)26(28-29)19-10-12-21(27)13-11-19/h2-13,17,22,25H,14-16H2,1H3. The Morgan fingerprint density at radius 3 is 2.38 bits per heavy atom. The Kier molecular flexibility index (Phi) is 5.58. The van der Waals surface area contributed by atoms with Crippen LogP contribution in [0.2, 0.25) is 5.02 Å². The molecule has 1 fully saturated rings. The maximum Gasteiger partial charge on any atom is 0.176 e. The molecule has 3 aromatic carbocycles. The molecule has 5 nitrogen and oxygen atoms in total. The van der Waals surface area contributed by atoms with Crippen molar-refractivity contribution in [2.75, 3.05) is 0 Å². The summed E-state index contributed by atoms with van der Waals surface area (Å²) in [6.07, 6.45) is 2.67. The van der Waals surface area contributed by atoms with E-state index in [0.717, 1.165) is 53.2 Å². The first-order chi connectivity index (χ1) is 15.6. The summed E-state index contributed by atoms with van der Waals surface area (Å²) in [7, 11) is 0. The van der Waals surface area contributed by atoms with E-state index in [4.69, 9.17) is 21.4 Å². The van der Waals surface area contributed by atoms with Gasteiger partial charge in [-0.15, -0.1) is 0 Å². The fourth-order valence-electron chi connectivity index (χ4n) is 4.01. The zero-order valence-corrected chi connectivity index (χ0v) is 18.6. The minimum Gasteiger partial charge on any atom is -0.457 e. The molecule has 6 heteroatoms. The van der Waals surface area contributed by atoms with Crippen molar-refractivity contribution in [2.45, 2.75) is 38.5 Å². The zero-order valence-electron chi connectivity index (χ0n) is 17.8. The number of carbonyl (C=O) groups is 1. The number of hydrogen-bond donors (Lipinski definition) is 0. The summed E-state index contributed by atoms with van der Waals surface area (Å²) in [4.78, 5) is 14.3. The van der Waals surface area contributed by atoms with Gasteiger partial charge in [0.15, 0.2) is 18.3 Å². The third-order valence-corrected chi connectivity index (χ3v) is 6.09. The molecule has 0 aromatic heterocycles. The Balaban J connectivity index is 1.46. The Bertz CT molecular complexity index is 1160. The summed E-state index contributed by atoms with van der Waals surface area (Å²) >= 11 is 6.08. The van der Waals surface area contributed by atoms with Gasteiger partial charge in [-0.25, -0.2) is 0 Å². The third-order valence-electron chi connectivity index (χ3n) is 5.84. The van der Waals surface area contributed by atoms with Gasteiger partial charge < -0.3 is 9.64 Å². The van der Waals surface area contributed by atoms with Gasteiger partial charge in [-0.05, 0) is 61.7 Å². The lowest BCUT2D eigenvalue weighted by Crippen LogP contribution is -2.44. The van der Waals surface area contributed by atoms with Gasteiger partial charge in [0.1, 0.15) is 11.5 Å². The highest BCUT2D eigenvalue weighted by Crippen LogP contribution is 2.36. The number of benzene rings is 3. The van der Waals surface area contributed by atoms with Crippen LogP contribution in [0.4, 0.5) is 0 Å². The van der Waals surface area contributed by atoms with Gasteiger partial charge in [0, 0.05) is 22.2 Å². The number of para-hydroxylation sites is 2. The molecule has 0 N–H and O–H groups in total. The molecule has 0 spiro atoms. The monoisotopic (exact) mass is 445 g/mol. The maximum atomic E-state index is 12.2. The van der Waals surface area contributed by atoms with Crippen molar-refractivity contribution in [3.05, 3.63) is 94.5 Å². The second-order valence-corrected chi connectivity index (χ2v) is 8.63. The number of rotatable bonds is 7. The average molecular weight is 446 g/mol. The number of nitrogens with zero attached hydrogens (tertiary/aromatic N) is 3. The zero-order chi connectivity index (χ0) is 22.1. The molecule has 1 heterocycles. The molecule has 2 aliphatic rings. The second kappa shape index (κ2) is 8.67. The van der Waals surface area contributed by atoms with Gasteiger partial charge >= 0.3 is 0 Å². The molecule has 0 saturated heterocycles. The minimum absolute atomic E-state index is 0.336. The van der Waals surface area contributed by atoms with Crippen LogP contribution in [0.5, 0.6) is 11.5 Å². The molecule has 0 amide bonds. The van der Waals surface area contributed by atoms with Gasteiger partial charge in [0.2, 0.25) is 0 Å². The molecular weight excluding hydrogens is 422 g/mol. The summed E-state index contributed by atoms with van der Waals surface area (Å²) in [5.74, 6) is 2.40. The molecule has 1 saturated carbocycles. The van der Waals surface area contributed by atoms with Crippen molar-refractivity contribution in [3.8, 4) is 11.5 Å². The molecule has 5 rings (SSSR count). The van der Waals surface area contributed by atoms with Gasteiger partial charge in [-0.1, -0.05) is 48.0 Å². The van der Waals surface area contributed by atoms with Crippen molar-refractivity contribution in [1.29, 1.82) is 0 Å². The fraction of sp³-hybridized carbons (Fsp3) is 0.231. The van der Waals surface area contributed by atoms with Gasteiger partial charge in [-0.3, -0.25) is 9.80 Å². The van der Waals surface area contributed by atoms with E-state index < -0.39 is 6.17 Å². The Morgan fingerprint density at radius 2 is 1.69 bits per heavy atom. The van der Waals surface area contributed by atoms with E-state index in [1.165, 1.54) is 0 Å². The molecule has 1 aliphatic heterocycles. The number of aryl methyl sites for hydroxylation is 1. The van der Waals surface area contributed by atoms with Gasteiger partial charge in [-0.2, -0.15) is 5.10 Å². The van der Waals surface area contributed by atoms with E-state index in [9.17, 15) is 4.79 Å². The highest BCUT2D eigenvalue weighted by atomic mass is 35.5. The van der Waals surface area contributed by atoms with Crippen LogP contribution in [0.25, 0.3) is 0 Å². The highest BCUT2D eigenvalue weighted by molar-refractivity contribution is 6.30. The Hall–Kier alpha value is -3.31. The Labute approximate surface area is 192 Å². The molecule has 0 radical (unpaired) electrons. The quantitative estimate of drug-likeness (QED) is 0.443. The lowest BCUT2D eigenvalue weighted by atomic mass is 10.1.